The molecule has 1 aromatic carbocycles. The van der Waals surface area contributed by atoms with E-state index < -0.39 is 0 Å². The Balaban J connectivity index is 3.05. The van der Waals surface area contributed by atoms with Crippen LogP contribution in [-0.2, 0) is 7.05 Å². The van der Waals surface area contributed by atoms with E-state index in [1.54, 1.807) is 11.6 Å². The fourth-order valence-electron chi connectivity index (χ4n) is 1.39. The predicted octanol–water partition coefficient (Wildman–Crippen LogP) is 1.78. The van der Waals surface area contributed by atoms with Gasteiger partial charge in [0.25, 0.3) is 0 Å². The largest absolute Gasteiger partial charge is 0.326 e. The Hall–Kier alpha value is -0.780. The first-order valence-corrected chi connectivity index (χ1v) is 5.03. The van der Waals surface area contributed by atoms with Gasteiger partial charge in [0, 0.05) is 10.6 Å². The molecular formula is C9H9IN2O. The number of imidazole rings is 1. The van der Waals surface area contributed by atoms with Crippen LogP contribution in [0.5, 0.6) is 0 Å². The summed E-state index contributed by atoms with van der Waals surface area (Å²) in [5.41, 5.74) is 3.04. The number of hydrogen-bond donors (Lipinski definition) is 1. The molecule has 2 aromatic rings. The molecule has 2 rings (SSSR count). The van der Waals surface area contributed by atoms with Crippen molar-refractivity contribution in [3.63, 3.8) is 0 Å². The molecule has 68 valence electrons. The fourth-order valence-corrected chi connectivity index (χ4v) is 2.23. The Labute approximate surface area is 88.9 Å². The van der Waals surface area contributed by atoms with Crippen molar-refractivity contribution in [2.24, 2.45) is 7.05 Å². The maximum absolute atomic E-state index is 11.3. The van der Waals surface area contributed by atoms with Gasteiger partial charge in [-0.05, 0) is 41.1 Å². The summed E-state index contributed by atoms with van der Waals surface area (Å²) in [6.07, 6.45) is 0. The minimum Gasteiger partial charge on any atom is -0.306 e. The molecule has 0 aliphatic rings. The van der Waals surface area contributed by atoms with E-state index in [4.69, 9.17) is 0 Å². The van der Waals surface area contributed by atoms with Crippen LogP contribution in [0.4, 0.5) is 0 Å². The lowest BCUT2D eigenvalue weighted by Gasteiger charge is -2.00. The zero-order valence-electron chi connectivity index (χ0n) is 7.39. The molecule has 1 aromatic heterocycles. The van der Waals surface area contributed by atoms with E-state index in [0.29, 0.717) is 0 Å². The van der Waals surface area contributed by atoms with E-state index in [1.165, 1.54) is 5.56 Å². The number of hydrogen-bond acceptors (Lipinski definition) is 1. The Morgan fingerprint density at radius 2 is 2.15 bits per heavy atom. The summed E-state index contributed by atoms with van der Waals surface area (Å²) in [4.78, 5) is 14.1. The van der Waals surface area contributed by atoms with E-state index in [-0.39, 0.29) is 5.69 Å². The van der Waals surface area contributed by atoms with Gasteiger partial charge in [-0.15, -0.1) is 0 Å². The van der Waals surface area contributed by atoms with Crippen LogP contribution in [0.15, 0.2) is 16.9 Å². The van der Waals surface area contributed by atoms with Gasteiger partial charge in [0.05, 0.1) is 11.0 Å². The monoisotopic (exact) mass is 288 g/mol. The Morgan fingerprint density at radius 3 is 2.85 bits per heavy atom. The molecule has 0 saturated heterocycles. The molecule has 0 spiro atoms. The van der Waals surface area contributed by atoms with Crippen LogP contribution in [0, 0.1) is 10.5 Å². The van der Waals surface area contributed by atoms with Crippen LogP contribution in [0.3, 0.4) is 0 Å². The van der Waals surface area contributed by atoms with Crippen molar-refractivity contribution in [3.8, 4) is 0 Å². The summed E-state index contributed by atoms with van der Waals surface area (Å²) in [6.45, 7) is 2.04. The molecule has 4 heteroatoms. The van der Waals surface area contributed by atoms with Crippen LogP contribution in [0.2, 0.25) is 0 Å². The second-order valence-electron chi connectivity index (χ2n) is 3.08. The topological polar surface area (TPSA) is 37.8 Å². The van der Waals surface area contributed by atoms with Gasteiger partial charge in [0.2, 0.25) is 0 Å². The summed E-state index contributed by atoms with van der Waals surface area (Å²) in [6, 6.07) is 3.95. The third kappa shape index (κ3) is 1.20. The standard InChI is InChI=1S/C9H9IN2O/c1-5-3-4-6-8(7(5)10)12(2)9(13)11-6/h3-4H,1-2H3,(H,11,13). The molecule has 3 nitrogen and oxygen atoms in total. The van der Waals surface area contributed by atoms with E-state index in [2.05, 4.69) is 27.6 Å². The van der Waals surface area contributed by atoms with E-state index in [9.17, 15) is 4.79 Å². The first-order valence-electron chi connectivity index (χ1n) is 3.95. The minimum absolute atomic E-state index is 0.0569. The molecule has 0 amide bonds. The molecule has 0 atom stereocenters. The second-order valence-corrected chi connectivity index (χ2v) is 4.16. The first-order chi connectivity index (χ1) is 6.11. The normalized spacial score (nSPS) is 11.0. The molecule has 13 heavy (non-hydrogen) atoms. The highest BCUT2D eigenvalue weighted by molar-refractivity contribution is 14.1. The van der Waals surface area contributed by atoms with Gasteiger partial charge in [0.1, 0.15) is 0 Å². The highest BCUT2D eigenvalue weighted by atomic mass is 127. The number of nitrogens with zero attached hydrogens (tertiary/aromatic N) is 1. The summed E-state index contributed by atoms with van der Waals surface area (Å²) in [5.74, 6) is 0. The quantitative estimate of drug-likeness (QED) is 0.737. The molecular weight excluding hydrogens is 279 g/mol. The Kier molecular flexibility index (Phi) is 1.94. The summed E-state index contributed by atoms with van der Waals surface area (Å²) >= 11 is 2.26. The smallest absolute Gasteiger partial charge is 0.306 e. The SMILES string of the molecule is Cc1ccc2[nH]c(=O)n(C)c2c1I. The lowest BCUT2D eigenvalue weighted by Crippen LogP contribution is -2.12. The van der Waals surface area contributed by atoms with Crippen molar-refractivity contribution in [2.45, 2.75) is 6.92 Å². The molecule has 0 aliphatic heterocycles. The Morgan fingerprint density at radius 1 is 1.46 bits per heavy atom. The van der Waals surface area contributed by atoms with Crippen LogP contribution < -0.4 is 5.69 Å². The third-order valence-electron chi connectivity index (χ3n) is 2.19. The van der Waals surface area contributed by atoms with Gasteiger partial charge in [-0.2, -0.15) is 0 Å². The average molecular weight is 288 g/mol. The van der Waals surface area contributed by atoms with Crippen LogP contribution >= 0.6 is 22.6 Å². The maximum Gasteiger partial charge on any atom is 0.326 e. The van der Waals surface area contributed by atoms with Crippen molar-refractivity contribution >= 4 is 33.6 Å². The Bertz CT molecular complexity index is 524. The van der Waals surface area contributed by atoms with Gasteiger partial charge in [-0.3, -0.25) is 4.57 Å². The molecule has 0 saturated carbocycles. The molecule has 0 unspecified atom stereocenters. The predicted molar refractivity (Wildman–Crippen MR) is 61.0 cm³/mol. The zero-order valence-corrected chi connectivity index (χ0v) is 9.55. The zero-order chi connectivity index (χ0) is 9.59. The molecule has 0 radical (unpaired) electrons. The number of aromatic nitrogens is 2. The molecule has 0 aliphatic carbocycles. The van der Waals surface area contributed by atoms with Crippen molar-refractivity contribution in [3.05, 3.63) is 31.8 Å². The van der Waals surface area contributed by atoms with Crippen molar-refractivity contribution in [2.75, 3.05) is 0 Å². The number of aromatic amines is 1. The second kappa shape index (κ2) is 2.87. The van der Waals surface area contributed by atoms with Gasteiger partial charge < -0.3 is 4.98 Å². The van der Waals surface area contributed by atoms with Gasteiger partial charge in [-0.25, -0.2) is 4.79 Å². The van der Waals surface area contributed by atoms with Crippen molar-refractivity contribution in [1.82, 2.24) is 9.55 Å². The maximum atomic E-state index is 11.3. The summed E-state index contributed by atoms with van der Waals surface area (Å²) < 4.78 is 2.78. The summed E-state index contributed by atoms with van der Waals surface area (Å²) in [5, 5.41) is 0. The lowest BCUT2D eigenvalue weighted by atomic mass is 10.2. The van der Waals surface area contributed by atoms with Crippen molar-refractivity contribution in [1.29, 1.82) is 0 Å². The number of nitrogens with one attached hydrogen (secondary N) is 1. The molecule has 0 fully saturated rings. The first kappa shape index (κ1) is 8.80. The number of halogens is 1. The van der Waals surface area contributed by atoms with E-state index in [0.717, 1.165) is 14.6 Å². The number of fused-ring (bicyclic) bond motifs is 1. The highest BCUT2D eigenvalue weighted by Gasteiger charge is 2.07. The lowest BCUT2D eigenvalue weighted by molar-refractivity contribution is 0.889. The minimum atomic E-state index is -0.0569. The van der Waals surface area contributed by atoms with E-state index >= 15 is 0 Å². The molecule has 1 heterocycles. The molecule has 1 N–H and O–H groups in total. The average Bonchev–Trinajstić information content (AvgIpc) is 2.37. The van der Waals surface area contributed by atoms with Crippen molar-refractivity contribution < 1.29 is 0 Å². The number of benzene rings is 1. The van der Waals surface area contributed by atoms with Gasteiger partial charge in [-0.1, -0.05) is 6.07 Å². The van der Waals surface area contributed by atoms with Crippen LogP contribution in [0.1, 0.15) is 5.56 Å². The van der Waals surface area contributed by atoms with Crippen LogP contribution in [0.25, 0.3) is 11.0 Å². The number of rotatable bonds is 0. The highest BCUT2D eigenvalue weighted by Crippen LogP contribution is 2.20. The van der Waals surface area contributed by atoms with Crippen LogP contribution in [-0.4, -0.2) is 9.55 Å². The molecule has 0 bridgehead atoms. The number of H-pyrrole nitrogens is 1. The third-order valence-corrected chi connectivity index (χ3v) is 3.55. The van der Waals surface area contributed by atoms with Gasteiger partial charge in [0.15, 0.2) is 0 Å². The van der Waals surface area contributed by atoms with Gasteiger partial charge >= 0.3 is 5.69 Å². The number of aryl methyl sites for hydroxylation is 2. The van der Waals surface area contributed by atoms with E-state index in [1.807, 2.05) is 19.1 Å². The fraction of sp³-hybridized carbons (Fsp3) is 0.222. The summed E-state index contributed by atoms with van der Waals surface area (Å²) in [7, 11) is 1.78.